The molecule has 0 radical (unpaired) electrons. The molecular formula is C51H76NO19S-. The van der Waals surface area contributed by atoms with Gasteiger partial charge >= 0.3 is 5.97 Å². The van der Waals surface area contributed by atoms with Crippen LogP contribution in [0.1, 0.15) is 43.2 Å². The van der Waals surface area contributed by atoms with Crippen molar-refractivity contribution in [2.75, 3.05) is 172 Å². The van der Waals surface area contributed by atoms with Crippen molar-refractivity contribution in [1.29, 1.82) is 0 Å². The van der Waals surface area contributed by atoms with E-state index in [2.05, 4.69) is 5.32 Å². The van der Waals surface area contributed by atoms with E-state index in [1.165, 1.54) is 6.07 Å². The number of hydrogen-bond donors (Lipinski definition) is 2. The molecule has 0 unspecified atom stereocenters. The smallest absolute Gasteiger partial charge is 0.305 e. The normalized spacial score (nSPS) is 12.0. The molecule has 4 aromatic rings. The van der Waals surface area contributed by atoms with E-state index in [0.717, 1.165) is 57.3 Å². The minimum atomic E-state index is -4.67. The lowest BCUT2D eigenvalue weighted by Crippen LogP contribution is -2.27. The molecule has 406 valence electrons. The Labute approximate surface area is 423 Å². The van der Waals surface area contributed by atoms with Gasteiger partial charge in [-0.2, -0.15) is 0 Å². The van der Waals surface area contributed by atoms with Gasteiger partial charge in [0.1, 0.15) is 15.9 Å². The van der Waals surface area contributed by atoms with Crippen molar-refractivity contribution < 1.29 is 89.2 Å². The van der Waals surface area contributed by atoms with Crippen LogP contribution in [0.2, 0.25) is 0 Å². The van der Waals surface area contributed by atoms with Crippen LogP contribution in [0, 0.1) is 13.8 Å². The van der Waals surface area contributed by atoms with Crippen LogP contribution < -0.4 is 10.1 Å². The van der Waals surface area contributed by atoms with Gasteiger partial charge < -0.3 is 76.6 Å². The number of carboxylic acids is 1. The molecule has 2 N–H and O–H groups in total. The lowest BCUT2D eigenvalue weighted by molar-refractivity contribution is -0.138. The standard InChI is InChI=1S/C51H77NO19S/c1-40-38-46(44-9-10-45-47(72(56,57)58)39-41(2)43-8-7-42(40)50(44)51(43)45)71-13-5-3-4-6-48(53)52-12-15-60-17-19-62-21-23-64-25-27-66-29-31-68-33-35-70-37-36-69-34-32-67-30-28-65-26-24-63-22-20-61-18-16-59-14-11-49(54)55/h7-10,38-39H,3-6,11-37H2,1-2H3,(H,52,53)(H,54,55)(H,56,57,58)/p-1. The summed E-state index contributed by atoms with van der Waals surface area (Å²) in [7, 11) is -4.67. The summed E-state index contributed by atoms with van der Waals surface area (Å²) in [5.41, 5.74) is 1.72. The van der Waals surface area contributed by atoms with Gasteiger partial charge in [0.15, 0.2) is 0 Å². The molecule has 21 heteroatoms. The Morgan fingerprint density at radius 1 is 0.458 bits per heavy atom. The lowest BCUT2D eigenvalue weighted by Gasteiger charge is -2.20. The van der Waals surface area contributed by atoms with Gasteiger partial charge in [0.05, 0.1) is 176 Å². The molecule has 0 saturated carbocycles. The van der Waals surface area contributed by atoms with Gasteiger partial charge in [0.25, 0.3) is 0 Å². The summed E-state index contributed by atoms with van der Waals surface area (Å²) in [6.45, 7) is 15.1. The largest absolute Gasteiger partial charge is 0.744 e. The summed E-state index contributed by atoms with van der Waals surface area (Å²) < 4.78 is 108. The number of ether oxygens (including phenoxy) is 13. The number of nitrogens with one attached hydrogen (secondary N) is 1. The third-order valence-electron chi connectivity index (χ3n) is 10.9. The average molecular weight is 1040 g/mol. The highest BCUT2D eigenvalue weighted by Gasteiger charge is 2.19. The molecule has 20 nitrogen and oxygen atoms in total. The zero-order valence-corrected chi connectivity index (χ0v) is 42.9. The van der Waals surface area contributed by atoms with E-state index in [0.29, 0.717) is 183 Å². The number of amides is 1. The molecule has 0 aliphatic heterocycles. The summed E-state index contributed by atoms with van der Waals surface area (Å²) in [5, 5.41) is 16.2. The second kappa shape index (κ2) is 36.9. The Kier molecular flexibility index (Phi) is 31.1. The van der Waals surface area contributed by atoms with Crippen molar-refractivity contribution >= 4 is 54.3 Å². The highest BCUT2D eigenvalue weighted by Crippen LogP contribution is 2.43. The molecule has 0 fully saturated rings. The molecule has 0 aromatic heterocycles. The Balaban J connectivity index is 0.827. The van der Waals surface area contributed by atoms with Crippen LogP contribution >= 0.6 is 0 Å². The highest BCUT2D eigenvalue weighted by molar-refractivity contribution is 7.86. The summed E-state index contributed by atoms with van der Waals surface area (Å²) in [6.07, 6.45) is 2.70. The van der Waals surface area contributed by atoms with Crippen molar-refractivity contribution in [3.05, 3.63) is 47.5 Å². The minimum Gasteiger partial charge on any atom is -0.744 e. The molecule has 72 heavy (non-hydrogen) atoms. The first-order valence-corrected chi connectivity index (χ1v) is 26.2. The van der Waals surface area contributed by atoms with Gasteiger partial charge in [-0.3, -0.25) is 9.59 Å². The summed E-state index contributed by atoms with van der Waals surface area (Å²) in [4.78, 5) is 22.5. The van der Waals surface area contributed by atoms with E-state index in [4.69, 9.17) is 66.7 Å². The van der Waals surface area contributed by atoms with E-state index in [1.807, 2.05) is 38.1 Å². The lowest BCUT2D eigenvalue weighted by atomic mass is 9.90. The zero-order chi connectivity index (χ0) is 51.5. The molecule has 0 spiro atoms. The molecular weight excluding hydrogens is 963 g/mol. The third-order valence-corrected chi connectivity index (χ3v) is 11.8. The Bertz CT molecular complexity index is 2210. The molecule has 0 aliphatic carbocycles. The number of carbonyl (C=O) groups excluding carboxylic acids is 1. The molecule has 1 amide bonds. The van der Waals surface area contributed by atoms with Gasteiger partial charge in [-0.15, -0.1) is 0 Å². The first-order valence-electron chi connectivity index (χ1n) is 24.8. The number of benzene rings is 4. The average Bonchev–Trinajstić information content (AvgIpc) is 3.35. The molecule has 0 atom stereocenters. The number of rotatable bonds is 47. The highest BCUT2D eigenvalue weighted by atomic mass is 32.2. The topological polar surface area (TPSA) is 244 Å². The Hall–Kier alpha value is -3.91. The first kappa shape index (κ1) is 60.6. The van der Waals surface area contributed by atoms with E-state index in [9.17, 15) is 22.6 Å². The zero-order valence-electron chi connectivity index (χ0n) is 42.1. The van der Waals surface area contributed by atoms with E-state index in [-0.39, 0.29) is 23.8 Å². The summed E-state index contributed by atoms with van der Waals surface area (Å²) in [6, 6.07) is 11.0. The van der Waals surface area contributed by atoms with Crippen LogP contribution in [0.25, 0.3) is 32.3 Å². The second-order valence-corrected chi connectivity index (χ2v) is 17.8. The number of aryl methyl sites for hydroxylation is 2. The second-order valence-electron chi connectivity index (χ2n) is 16.4. The first-order chi connectivity index (χ1) is 35.1. The van der Waals surface area contributed by atoms with Crippen molar-refractivity contribution in [2.45, 2.75) is 50.8 Å². The quantitative estimate of drug-likeness (QED) is 0.0342. The summed E-state index contributed by atoms with van der Waals surface area (Å²) in [5.74, 6) is -0.205. The van der Waals surface area contributed by atoms with Crippen molar-refractivity contribution in [3.63, 3.8) is 0 Å². The monoisotopic (exact) mass is 1040 g/mol. The van der Waals surface area contributed by atoms with Crippen molar-refractivity contribution in [1.82, 2.24) is 5.32 Å². The van der Waals surface area contributed by atoms with Crippen LogP contribution in [0.3, 0.4) is 0 Å². The predicted octanol–water partition coefficient (Wildman–Crippen LogP) is 4.83. The maximum absolute atomic E-state index is 12.3. The Morgan fingerprint density at radius 2 is 0.819 bits per heavy atom. The van der Waals surface area contributed by atoms with E-state index in [1.54, 1.807) is 6.07 Å². The Morgan fingerprint density at radius 3 is 1.24 bits per heavy atom. The van der Waals surface area contributed by atoms with Crippen LogP contribution in [0.5, 0.6) is 5.75 Å². The fraction of sp³-hybridized carbons (Fsp3) is 0.647. The van der Waals surface area contributed by atoms with Gasteiger partial charge in [-0.1, -0.05) is 18.2 Å². The summed E-state index contributed by atoms with van der Waals surface area (Å²) >= 11 is 0. The predicted molar refractivity (Wildman–Crippen MR) is 267 cm³/mol. The molecule has 4 aromatic carbocycles. The van der Waals surface area contributed by atoms with Gasteiger partial charge in [0.2, 0.25) is 5.91 Å². The molecule has 4 rings (SSSR count). The van der Waals surface area contributed by atoms with E-state index < -0.39 is 16.1 Å². The van der Waals surface area contributed by atoms with E-state index >= 15 is 0 Å². The molecule has 0 heterocycles. The SMILES string of the molecule is Cc1cc(OCCCCCC(=O)NCCOCCOCCOCCOCCOCCOCCOCCOCCOCCOCCOCCOCCC(=O)O)c2ccc3c(S(=O)(=O)[O-])cc(C)c4ccc1c2c43. The fourth-order valence-electron chi connectivity index (χ4n) is 7.37. The third kappa shape index (κ3) is 24.4. The minimum absolute atomic E-state index is 0.0132. The number of hydrogen-bond acceptors (Lipinski definition) is 18. The number of aliphatic carboxylic acids is 1. The van der Waals surface area contributed by atoms with Crippen LogP contribution in [0.4, 0.5) is 0 Å². The van der Waals surface area contributed by atoms with Gasteiger partial charge in [-0.05, 0) is 78.6 Å². The van der Waals surface area contributed by atoms with Crippen LogP contribution in [-0.4, -0.2) is 202 Å². The molecule has 0 aliphatic rings. The van der Waals surface area contributed by atoms with Crippen LogP contribution in [0.15, 0.2) is 41.3 Å². The number of carboxylic acid groups (broad SMARTS) is 1. The fourth-order valence-corrected chi connectivity index (χ4v) is 8.13. The maximum Gasteiger partial charge on any atom is 0.305 e. The molecule has 0 saturated heterocycles. The molecule has 0 bridgehead atoms. The van der Waals surface area contributed by atoms with Gasteiger partial charge in [0, 0.05) is 29.1 Å². The van der Waals surface area contributed by atoms with Crippen LogP contribution in [-0.2, 0) is 76.5 Å². The van der Waals surface area contributed by atoms with Crippen molar-refractivity contribution in [2.24, 2.45) is 0 Å². The van der Waals surface area contributed by atoms with Gasteiger partial charge in [-0.25, -0.2) is 8.42 Å². The maximum atomic E-state index is 12.3. The van der Waals surface area contributed by atoms with Crippen molar-refractivity contribution in [3.8, 4) is 5.75 Å². The number of unbranched alkanes of at least 4 members (excludes halogenated alkanes) is 2. The number of carbonyl (C=O) groups is 2.